The number of nitrogens with one attached hydrogen (secondary N) is 1. The number of carboxylic acid groups (broad SMARTS) is 3. The van der Waals surface area contributed by atoms with Crippen molar-refractivity contribution < 1.29 is 58.8 Å². The van der Waals surface area contributed by atoms with Crippen molar-refractivity contribution in [2.24, 2.45) is 5.16 Å². The number of carbonyl (C=O) groups excluding carboxylic acids is 2. The van der Waals surface area contributed by atoms with E-state index in [4.69, 9.17) is 15.7 Å². The number of nitrogen functional groups attached to an aromatic ring is 1. The second-order valence-electron chi connectivity index (χ2n) is 13.5. The molecule has 21 heteroatoms. The number of aromatic nitrogens is 2. The van der Waals surface area contributed by atoms with Crippen molar-refractivity contribution in [2.45, 2.75) is 69.0 Å². The van der Waals surface area contributed by atoms with Crippen LogP contribution in [0.3, 0.4) is 0 Å². The van der Waals surface area contributed by atoms with Gasteiger partial charge in [0.1, 0.15) is 35.9 Å². The van der Waals surface area contributed by atoms with Crippen LogP contribution in [0.15, 0.2) is 44.9 Å². The van der Waals surface area contributed by atoms with E-state index < -0.39 is 70.4 Å². The van der Waals surface area contributed by atoms with E-state index in [1.807, 2.05) is 11.5 Å². The number of hydrogen-bond acceptors (Lipinski definition) is 14. The summed E-state index contributed by atoms with van der Waals surface area (Å²) in [5.41, 5.74) is 5.87. The number of benzene rings is 1. The maximum Gasteiger partial charge on any atom is 0.352 e. The Hall–Kier alpha value is -5.67. The predicted octanol–water partition coefficient (Wildman–Crippen LogP) is 1.06. The number of quaternary nitrogens is 1. The van der Waals surface area contributed by atoms with Crippen LogP contribution in [0.25, 0.3) is 10.9 Å². The maximum absolute atomic E-state index is 13.8. The quantitative estimate of drug-likeness (QED) is 0.0395. The number of hydrogen-bond donors (Lipinski definition) is 7. The van der Waals surface area contributed by atoms with Crippen molar-refractivity contribution in [1.29, 1.82) is 0 Å². The summed E-state index contributed by atoms with van der Waals surface area (Å²) in [4.78, 5) is 86.7. The lowest BCUT2D eigenvalue weighted by atomic mass is 9.99. The lowest BCUT2D eigenvalue weighted by molar-refractivity contribution is -0.925. The van der Waals surface area contributed by atoms with Crippen LogP contribution in [0.2, 0.25) is 0 Å². The van der Waals surface area contributed by atoms with E-state index in [2.05, 4.69) is 15.5 Å². The Kier molecular flexibility index (Phi) is 10.8. The lowest BCUT2D eigenvalue weighted by Crippen LogP contribution is -2.71. The molecule has 55 heavy (non-hydrogen) atoms. The van der Waals surface area contributed by atoms with Crippen molar-refractivity contribution >= 4 is 74.6 Å². The van der Waals surface area contributed by atoms with Gasteiger partial charge in [0.2, 0.25) is 6.10 Å². The monoisotopic (exact) mass is 800 g/mol. The van der Waals surface area contributed by atoms with Crippen LogP contribution in [-0.2, 0) is 41.9 Å². The Labute approximate surface area is 319 Å². The van der Waals surface area contributed by atoms with Gasteiger partial charge in [-0.3, -0.25) is 24.1 Å². The standard InChI is InChI=1S/C34H37N7O12S2/c1-3-39-11-16(28(46)17-8-21(42)22(43)9-20(17)39)12-41(6-4-5-7-41)13-18-15(2)55-31-26(30(48)40(31)27(18)33(51)52)37-29(47)25(19-14-54-34(35)36-19)38-53-23(32(49)50)10-24(44)45/h8-9,11,14-15,23,26,31H,3-7,10,12-13H2,1-2H3,(H7-,35,36,37,38,42,43,44,45,46,47,49,50,51,52)/p+1/t15-,23-,26+,31+/m0/s1. The van der Waals surface area contributed by atoms with Gasteiger partial charge in [0.25, 0.3) is 11.8 Å². The number of amides is 2. The lowest BCUT2D eigenvalue weighted by Gasteiger charge is -2.51. The van der Waals surface area contributed by atoms with Crippen LogP contribution in [-0.4, -0.2) is 122 Å². The van der Waals surface area contributed by atoms with Gasteiger partial charge in [-0.15, -0.1) is 23.1 Å². The molecule has 0 spiro atoms. The first kappa shape index (κ1) is 39.0. The molecule has 0 unspecified atom stereocenters. The average molecular weight is 801 g/mol. The van der Waals surface area contributed by atoms with Crippen LogP contribution in [0.5, 0.6) is 11.5 Å². The molecule has 3 aliphatic rings. The van der Waals surface area contributed by atoms with Crippen LogP contribution in [0.1, 0.15) is 44.4 Å². The summed E-state index contributed by atoms with van der Waals surface area (Å²) in [6.45, 7) is 5.89. The minimum absolute atomic E-state index is 0.0248. The molecule has 2 amide bonds. The van der Waals surface area contributed by atoms with E-state index in [9.17, 15) is 49.2 Å². The van der Waals surface area contributed by atoms with Gasteiger partial charge in [0.15, 0.2) is 27.8 Å². The first-order valence-electron chi connectivity index (χ1n) is 17.1. The second-order valence-corrected chi connectivity index (χ2v) is 15.8. The molecule has 0 saturated carbocycles. The largest absolute Gasteiger partial charge is 0.504 e. The van der Waals surface area contributed by atoms with Crippen LogP contribution < -0.4 is 16.5 Å². The van der Waals surface area contributed by atoms with Gasteiger partial charge >= 0.3 is 17.9 Å². The number of aryl methyl sites for hydroxylation is 1. The van der Waals surface area contributed by atoms with Crippen molar-refractivity contribution in [2.75, 3.05) is 25.4 Å². The Bertz CT molecular complexity index is 2230. The summed E-state index contributed by atoms with van der Waals surface area (Å²) >= 11 is 2.19. The smallest absolute Gasteiger partial charge is 0.352 e. The zero-order valence-electron chi connectivity index (χ0n) is 29.5. The molecule has 0 bridgehead atoms. The van der Waals surface area contributed by atoms with E-state index >= 15 is 0 Å². The molecule has 6 rings (SSSR count). The molecular weight excluding hydrogens is 763 g/mol. The summed E-state index contributed by atoms with van der Waals surface area (Å²) in [7, 11) is 0. The van der Waals surface area contributed by atoms with Gasteiger partial charge in [0.05, 0.1) is 36.0 Å². The Morgan fingerprint density at radius 2 is 1.80 bits per heavy atom. The molecule has 3 aliphatic heterocycles. The number of thiazole rings is 1. The van der Waals surface area contributed by atoms with Crippen LogP contribution in [0.4, 0.5) is 5.13 Å². The molecule has 8 N–H and O–H groups in total. The van der Waals surface area contributed by atoms with Crippen LogP contribution >= 0.6 is 23.1 Å². The van der Waals surface area contributed by atoms with E-state index in [0.717, 1.165) is 29.1 Å². The van der Waals surface area contributed by atoms with Gasteiger partial charge in [-0.05, 0) is 19.9 Å². The zero-order valence-corrected chi connectivity index (χ0v) is 31.1. The molecule has 1 aromatic carbocycles. The average Bonchev–Trinajstić information content (AvgIpc) is 3.78. The van der Waals surface area contributed by atoms with E-state index in [-0.39, 0.29) is 46.2 Å². The number of phenols is 2. The number of thioether (sulfide) groups is 1. The topological polar surface area (TPSA) is 284 Å². The molecule has 5 heterocycles. The van der Waals surface area contributed by atoms with Gasteiger partial charge in [-0.1, -0.05) is 5.16 Å². The fourth-order valence-corrected chi connectivity index (χ4v) is 9.25. The second kappa shape index (κ2) is 15.2. The van der Waals surface area contributed by atoms with E-state index in [0.29, 0.717) is 40.8 Å². The van der Waals surface area contributed by atoms with Gasteiger partial charge in [0, 0.05) is 47.9 Å². The number of phenolic OH excluding ortho intramolecular Hbond substituents is 2. The Balaban J connectivity index is 1.28. The summed E-state index contributed by atoms with van der Waals surface area (Å²) in [6, 6.07) is 1.35. The number of fused-ring (bicyclic) bond motifs is 2. The summed E-state index contributed by atoms with van der Waals surface area (Å²) in [5.74, 6) is -7.02. The molecule has 19 nitrogen and oxygen atoms in total. The number of aliphatic carboxylic acids is 3. The third-order valence-electron chi connectivity index (χ3n) is 9.92. The Morgan fingerprint density at radius 3 is 2.40 bits per heavy atom. The number of nitrogens with two attached hydrogens (primary N) is 1. The van der Waals surface area contributed by atoms with Crippen LogP contribution in [0, 0.1) is 0 Å². The molecule has 2 saturated heterocycles. The van der Waals surface area contributed by atoms with Crippen molar-refractivity contribution in [1.82, 2.24) is 19.8 Å². The first-order chi connectivity index (χ1) is 26.0. The minimum atomic E-state index is -1.95. The van der Waals surface area contributed by atoms with Crippen molar-refractivity contribution in [3.8, 4) is 11.5 Å². The number of oxime groups is 1. The van der Waals surface area contributed by atoms with Gasteiger partial charge in [-0.2, -0.15) is 0 Å². The fourth-order valence-electron chi connectivity index (χ4n) is 7.26. The van der Waals surface area contributed by atoms with Crippen molar-refractivity contribution in [3.05, 3.63) is 56.5 Å². The summed E-state index contributed by atoms with van der Waals surface area (Å²) in [6.07, 6.45) is 0.447. The normalized spacial score (nSPS) is 21.2. The molecule has 0 radical (unpaired) electrons. The SMILES string of the molecule is CCn1cc(C[N+]2(CC3=C(C(=O)O)N4C(=O)[C@@H](NC(=O)/C(=N\O[C@@H](CC(=O)O)C(=O)O)c5csc(N)n5)[C@H]4S[C@H]3C)CCCC2)c(=O)c2cc(O)c(O)cc21. The molecule has 3 aromatic rings. The third-order valence-corrected chi connectivity index (χ3v) is 12.0. The van der Waals surface area contributed by atoms with Gasteiger partial charge < -0.3 is 50.5 Å². The molecule has 2 fully saturated rings. The number of β-lactam (4-membered cyclic amide) rings is 1. The highest BCUT2D eigenvalue weighted by molar-refractivity contribution is 8.00. The molecular formula is C34H38N7O12S2+. The first-order valence-corrected chi connectivity index (χ1v) is 18.9. The summed E-state index contributed by atoms with van der Waals surface area (Å²) in [5, 5.41) is 55.6. The number of aromatic hydroxyl groups is 2. The fraction of sp³-hybridized carbons (Fsp3) is 0.412. The van der Waals surface area contributed by atoms with E-state index in [1.165, 1.54) is 29.3 Å². The van der Waals surface area contributed by atoms with Gasteiger partial charge in [-0.25, -0.2) is 14.6 Å². The maximum atomic E-state index is 13.8. The number of rotatable bonds is 14. The molecule has 292 valence electrons. The minimum Gasteiger partial charge on any atom is -0.504 e. The number of anilines is 1. The Morgan fingerprint density at radius 1 is 1.11 bits per heavy atom. The highest BCUT2D eigenvalue weighted by atomic mass is 32.2. The van der Waals surface area contributed by atoms with E-state index in [1.54, 1.807) is 13.1 Å². The predicted molar refractivity (Wildman–Crippen MR) is 197 cm³/mol. The molecule has 2 aromatic heterocycles. The third kappa shape index (κ3) is 7.54. The summed E-state index contributed by atoms with van der Waals surface area (Å²) < 4.78 is 2.15. The number of likely N-dealkylation sites (tertiary alicyclic amines) is 1. The number of carbonyl (C=O) groups is 5. The number of nitrogens with zero attached hydrogens (tertiary/aromatic N) is 5. The number of carboxylic acids is 3. The van der Waals surface area contributed by atoms with Crippen molar-refractivity contribution in [3.63, 3.8) is 0 Å². The molecule has 4 atom stereocenters. The zero-order chi connectivity index (χ0) is 39.9. The highest BCUT2D eigenvalue weighted by Crippen LogP contribution is 2.45. The number of pyridine rings is 1. The molecule has 0 aliphatic carbocycles. The highest BCUT2D eigenvalue weighted by Gasteiger charge is 2.57.